The Balaban J connectivity index is 2.12. The molecule has 0 aliphatic heterocycles. The van der Waals surface area contributed by atoms with Gasteiger partial charge in [-0.2, -0.15) is 0 Å². The Bertz CT molecular complexity index is 906. The summed E-state index contributed by atoms with van der Waals surface area (Å²) in [6, 6.07) is 15.5. The van der Waals surface area contributed by atoms with Crippen LogP contribution in [0.1, 0.15) is 44.7 Å². The van der Waals surface area contributed by atoms with Crippen LogP contribution in [0.5, 0.6) is 5.75 Å². The molecule has 0 aromatic heterocycles. The number of aliphatic hydroxyl groups excluding tert-OH is 2. The van der Waals surface area contributed by atoms with Gasteiger partial charge in [-0.3, -0.25) is 9.59 Å². The van der Waals surface area contributed by atoms with E-state index >= 15 is 0 Å². The topological polar surface area (TPSA) is 134 Å². The van der Waals surface area contributed by atoms with E-state index in [2.05, 4.69) is 10.6 Å². The first-order valence-electron chi connectivity index (χ1n) is 12.1. The molecule has 35 heavy (non-hydrogen) atoms. The highest BCUT2D eigenvalue weighted by molar-refractivity contribution is 5.90. The van der Waals surface area contributed by atoms with Gasteiger partial charge in [0, 0.05) is 6.42 Å². The number of hydrogen-bond donors (Lipinski definition) is 5. The smallest absolute Gasteiger partial charge is 0.243 e. The van der Waals surface area contributed by atoms with Crippen LogP contribution in [0, 0.1) is 5.92 Å². The minimum Gasteiger partial charge on any atom is -0.489 e. The minimum absolute atomic E-state index is 0.210. The molecule has 0 aliphatic rings. The number of carbonyl (C=O) groups is 2. The molecule has 0 bridgehead atoms. The van der Waals surface area contributed by atoms with Crippen molar-refractivity contribution in [2.45, 2.75) is 64.3 Å². The van der Waals surface area contributed by atoms with Crippen LogP contribution in [0.25, 0.3) is 0 Å². The summed E-state index contributed by atoms with van der Waals surface area (Å²) in [5.41, 5.74) is 6.72. The molecule has 0 radical (unpaired) electrons. The van der Waals surface area contributed by atoms with Gasteiger partial charge in [-0.1, -0.05) is 63.2 Å². The predicted molar refractivity (Wildman–Crippen MR) is 136 cm³/mol. The van der Waals surface area contributed by atoms with E-state index in [1.54, 1.807) is 6.92 Å². The summed E-state index contributed by atoms with van der Waals surface area (Å²) in [7, 11) is 0. The number of amides is 2. The van der Waals surface area contributed by atoms with Crippen LogP contribution in [0.2, 0.25) is 0 Å². The summed E-state index contributed by atoms with van der Waals surface area (Å²) >= 11 is 0. The molecule has 2 aromatic carbocycles. The average Bonchev–Trinajstić information content (AvgIpc) is 2.86. The SMILES string of the molecule is CCC(CO)(CO)NC(=O)C(Cc1ccc(OCc2ccccc2)cc1)NC(=O)C(N)CC(C)C. The molecule has 2 rings (SSSR count). The van der Waals surface area contributed by atoms with E-state index in [4.69, 9.17) is 10.5 Å². The second-order valence-electron chi connectivity index (χ2n) is 9.36. The number of ether oxygens (including phenoxy) is 1. The maximum Gasteiger partial charge on any atom is 0.243 e. The van der Waals surface area contributed by atoms with Gasteiger partial charge in [-0.25, -0.2) is 0 Å². The Kier molecular flexibility index (Phi) is 11.2. The van der Waals surface area contributed by atoms with Crippen LogP contribution in [0.3, 0.4) is 0 Å². The van der Waals surface area contributed by atoms with Crippen LogP contribution in [0.4, 0.5) is 0 Å². The number of nitrogens with two attached hydrogens (primary N) is 1. The predicted octanol–water partition coefficient (Wildman–Crippen LogP) is 1.92. The lowest BCUT2D eigenvalue weighted by Gasteiger charge is -2.32. The van der Waals surface area contributed by atoms with Crippen molar-refractivity contribution in [2.24, 2.45) is 11.7 Å². The molecule has 2 unspecified atom stereocenters. The highest BCUT2D eigenvalue weighted by Gasteiger charge is 2.33. The first-order chi connectivity index (χ1) is 16.7. The van der Waals surface area contributed by atoms with Gasteiger partial charge in [0.2, 0.25) is 11.8 Å². The fourth-order valence-electron chi connectivity index (χ4n) is 3.59. The molecule has 8 nitrogen and oxygen atoms in total. The summed E-state index contributed by atoms with van der Waals surface area (Å²) in [6.07, 6.45) is 1.02. The van der Waals surface area contributed by atoms with Crippen molar-refractivity contribution in [3.63, 3.8) is 0 Å². The quantitative estimate of drug-likeness (QED) is 0.278. The average molecular weight is 486 g/mol. The number of nitrogens with one attached hydrogen (secondary N) is 2. The van der Waals surface area contributed by atoms with Crippen LogP contribution in [-0.2, 0) is 22.6 Å². The maximum atomic E-state index is 13.1. The molecule has 2 aromatic rings. The number of carbonyl (C=O) groups excluding carboxylic acids is 2. The Morgan fingerprint density at radius 3 is 2.14 bits per heavy atom. The van der Waals surface area contributed by atoms with Gasteiger partial charge in [0.15, 0.2) is 0 Å². The Morgan fingerprint density at radius 1 is 0.971 bits per heavy atom. The molecular formula is C27H39N3O5. The number of aliphatic hydroxyl groups is 2. The zero-order chi connectivity index (χ0) is 25.8. The lowest BCUT2D eigenvalue weighted by atomic mass is 9.96. The van der Waals surface area contributed by atoms with E-state index in [9.17, 15) is 19.8 Å². The summed E-state index contributed by atoms with van der Waals surface area (Å²) in [5.74, 6) is -0.00339. The molecular weight excluding hydrogens is 446 g/mol. The van der Waals surface area contributed by atoms with E-state index < -0.39 is 42.7 Å². The molecule has 192 valence electrons. The van der Waals surface area contributed by atoms with E-state index in [1.807, 2.05) is 68.4 Å². The molecule has 2 amide bonds. The highest BCUT2D eigenvalue weighted by Crippen LogP contribution is 2.16. The molecule has 6 N–H and O–H groups in total. The summed E-state index contributed by atoms with van der Waals surface area (Å²) in [5, 5.41) is 24.9. The van der Waals surface area contributed by atoms with Crippen molar-refractivity contribution in [3.05, 3.63) is 65.7 Å². The van der Waals surface area contributed by atoms with Crippen LogP contribution < -0.4 is 21.1 Å². The van der Waals surface area contributed by atoms with E-state index in [-0.39, 0.29) is 12.3 Å². The van der Waals surface area contributed by atoms with Gasteiger partial charge in [0.05, 0.1) is 24.8 Å². The number of hydrogen-bond acceptors (Lipinski definition) is 6. The molecule has 0 spiro atoms. The van der Waals surface area contributed by atoms with Gasteiger partial charge >= 0.3 is 0 Å². The van der Waals surface area contributed by atoms with Gasteiger partial charge in [0.25, 0.3) is 0 Å². The molecule has 8 heteroatoms. The van der Waals surface area contributed by atoms with E-state index in [1.165, 1.54) is 0 Å². The first-order valence-corrected chi connectivity index (χ1v) is 12.1. The molecule has 0 aliphatic carbocycles. The third kappa shape index (κ3) is 8.98. The zero-order valence-electron chi connectivity index (χ0n) is 20.9. The van der Waals surface area contributed by atoms with Crippen molar-refractivity contribution >= 4 is 11.8 Å². The van der Waals surface area contributed by atoms with Crippen LogP contribution in [0.15, 0.2) is 54.6 Å². The maximum absolute atomic E-state index is 13.1. The Morgan fingerprint density at radius 2 is 1.60 bits per heavy atom. The Labute approximate surface area is 207 Å². The fourth-order valence-corrected chi connectivity index (χ4v) is 3.59. The Hall–Kier alpha value is -2.94. The van der Waals surface area contributed by atoms with E-state index in [0.717, 1.165) is 11.1 Å². The summed E-state index contributed by atoms with van der Waals surface area (Å²) < 4.78 is 5.82. The van der Waals surface area contributed by atoms with Crippen molar-refractivity contribution in [2.75, 3.05) is 13.2 Å². The molecule has 0 fully saturated rings. The van der Waals surface area contributed by atoms with E-state index in [0.29, 0.717) is 25.2 Å². The van der Waals surface area contributed by atoms with Crippen molar-refractivity contribution in [1.82, 2.24) is 10.6 Å². The minimum atomic E-state index is -1.17. The first kappa shape index (κ1) is 28.3. The van der Waals surface area contributed by atoms with Crippen molar-refractivity contribution in [1.29, 1.82) is 0 Å². The molecule has 2 atom stereocenters. The zero-order valence-corrected chi connectivity index (χ0v) is 20.9. The van der Waals surface area contributed by atoms with Gasteiger partial charge in [0.1, 0.15) is 18.4 Å². The summed E-state index contributed by atoms with van der Waals surface area (Å²) in [4.78, 5) is 25.8. The van der Waals surface area contributed by atoms with Crippen molar-refractivity contribution < 1.29 is 24.5 Å². The third-order valence-corrected chi connectivity index (χ3v) is 5.98. The van der Waals surface area contributed by atoms with Gasteiger partial charge < -0.3 is 31.3 Å². The van der Waals surface area contributed by atoms with Crippen LogP contribution >= 0.6 is 0 Å². The lowest BCUT2D eigenvalue weighted by Crippen LogP contribution is -2.60. The third-order valence-electron chi connectivity index (χ3n) is 5.98. The fraction of sp³-hybridized carbons (Fsp3) is 0.481. The second-order valence-corrected chi connectivity index (χ2v) is 9.36. The monoisotopic (exact) mass is 485 g/mol. The largest absolute Gasteiger partial charge is 0.489 e. The normalized spacial score (nSPS) is 13.2. The molecule has 0 saturated heterocycles. The van der Waals surface area contributed by atoms with Gasteiger partial charge in [-0.05, 0) is 42.0 Å². The van der Waals surface area contributed by atoms with Crippen LogP contribution in [-0.4, -0.2) is 52.9 Å². The van der Waals surface area contributed by atoms with Gasteiger partial charge in [-0.15, -0.1) is 0 Å². The second kappa shape index (κ2) is 13.8. The standard InChI is InChI=1S/C27H39N3O5/c1-4-27(17-31,18-32)30-26(34)24(29-25(33)23(28)14-19(2)3)15-20-10-12-22(13-11-20)35-16-21-8-6-5-7-9-21/h5-13,19,23-24,31-32H,4,14-18,28H2,1-3H3,(H,29,33)(H,30,34). The molecule has 0 saturated carbocycles. The molecule has 0 heterocycles. The number of benzene rings is 2. The lowest BCUT2D eigenvalue weighted by molar-refractivity contribution is -0.131. The summed E-state index contributed by atoms with van der Waals surface area (Å²) in [6.45, 7) is 5.29. The highest BCUT2D eigenvalue weighted by atomic mass is 16.5. The van der Waals surface area contributed by atoms with Crippen molar-refractivity contribution in [3.8, 4) is 5.75 Å². The number of rotatable bonds is 14.